The van der Waals surface area contributed by atoms with E-state index in [1.54, 1.807) is 0 Å². The van der Waals surface area contributed by atoms with Gasteiger partial charge in [0.1, 0.15) is 11.5 Å². The Morgan fingerprint density at radius 3 is 2.89 bits per heavy atom. The number of carbonyl (C=O) groups excluding carboxylic acids is 2. The molecule has 2 aliphatic heterocycles. The summed E-state index contributed by atoms with van der Waals surface area (Å²) in [6, 6.07) is 6.45. The number of carbonyl (C=O) groups is 2. The molecule has 8 heteroatoms. The molecule has 3 aliphatic rings. The van der Waals surface area contributed by atoms with Gasteiger partial charge >= 0.3 is 0 Å². The molecule has 0 radical (unpaired) electrons. The van der Waals surface area contributed by atoms with Crippen molar-refractivity contribution in [2.75, 3.05) is 23.3 Å². The van der Waals surface area contributed by atoms with Crippen molar-refractivity contribution in [1.82, 2.24) is 14.9 Å². The summed E-state index contributed by atoms with van der Waals surface area (Å²) in [5.41, 5.74) is 1.81. The van der Waals surface area contributed by atoms with E-state index in [4.69, 9.17) is 5.26 Å². The second-order valence-electron chi connectivity index (χ2n) is 7.93. The topological polar surface area (TPSA) is 105 Å². The zero-order valence-electron chi connectivity index (χ0n) is 15.5. The highest BCUT2D eigenvalue weighted by atomic mass is 16.2. The van der Waals surface area contributed by atoms with Crippen LogP contribution in [0.25, 0.3) is 11.0 Å². The van der Waals surface area contributed by atoms with E-state index in [-0.39, 0.29) is 36.2 Å². The average Bonchev–Trinajstić information content (AvgIpc) is 3.11. The first-order valence-corrected chi connectivity index (χ1v) is 9.86. The fourth-order valence-electron chi connectivity index (χ4n) is 4.47. The van der Waals surface area contributed by atoms with Crippen LogP contribution in [0.1, 0.15) is 32.1 Å². The number of piperazine rings is 1. The summed E-state index contributed by atoms with van der Waals surface area (Å²) in [6.07, 6.45) is 5.28. The molecule has 2 N–H and O–H groups in total. The summed E-state index contributed by atoms with van der Waals surface area (Å²) >= 11 is 0. The summed E-state index contributed by atoms with van der Waals surface area (Å²) in [7, 11) is 0. The van der Waals surface area contributed by atoms with Crippen molar-refractivity contribution >= 4 is 34.4 Å². The van der Waals surface area contributed by atoms with Crippen LogP contribution in [0.2, 0.25) is 0 Å². The van der Waals surface area contributed by atoms with E-state index in [2.05, 4.69) is 20.2 Å². The van der Waals surface area contributed by atoms with Crippen LogP contribution in [0, 0.1) is 17.2 Å². The van der Waals surface area contributed by atoms with E-state index in [1.165, 1.54) is 0 Å². The Morgan fingerprint density at radius 2 is 2.18 bits per heavy atom. The average molecular weight is 378 g/mol. The number of nitrogens with one attached hydrogen (secondary N) is 2. The molecule has 5 rings (SSSR count). The van der Waals surface area contributed by atoms with Crippen LogP contribution in [-0.4, -0.2) is 51.9 Å². The summed E-state index contributed by atoms with van der Waals surface area (Å²) < 4.78 is 0. The van der Waals surface area contributed by atoms with Crippen molar-refractivity contribution in [3.63, 3.8) is 0 Å². The molecule has 2 unspecified atom stereocenters. The van der Waals surface area contributed by atoms with E-state index in [1.807, 2.05) is 29.3 Å². The molecule has 2 atom stereocenters. The van der Waals surface area contributed by atoms with Crippen molar-refractivity contribution in [2.24, 2.45) is 5.92 Å². The second kappa shape index (κ2) is 6.51. The number of likely N-dealkylation sites (tertiary alicyclic amines) is 1. The SMILES string of the molecule is N#CCCC(=O)N1CC2CC1CN2c1cc(NC(=O)C2CC2)nc2[nH]ccc12. The summed E-state index contributed by atoms with van der Waals surface area (Å²) in [5.74, 6) is 0.820. The molecule has 1 aliphatic carbocycles. The first-order valence-electron chi connectivity index (χ1n) is 9.86. The molecule has 2 amide bonds. The highest BCUT2D eigenvalue weighted by molar-refractivity contribution is 5.98. The fourth-order valence-corrected chi connectivity index (χ4v) is 4.47. The quantitative estimate of drug-likeness (QED) is 0.828. The highest BCUT2D eigenvalue weighted by Gasteiger charge is 2.45. The Morgan fingerprint density at radius 1 is 1.32 bits per heavy atom. The number of aromatic amines is 1. The molecule has 1 saturated carbocycles. The molecule has 4 heterocycles. The lowest BCUT2D eigenvalue weighted by Gasteiger charge is -2.36. The number of nitriles is 1. The van der Waals surface area contributed by atoms with Crippen molar-refractivity contribution in [3.8, 4) is 6.07 Å². The van der Waals surface area contributed by atoms with Gasteiger partial charge < -0.3 is 20.1 Å². The Hall–Kier alpha value is -3.08. The maximum Gasteiger partial charge on any atom is 0.228 e. The minimum absolute atomic E-state index is 0.0431. The Labute approximate surface area is 162 Å². The zero-order valence-corrected chi connectivity index (χ0v) is 15.5. The molecule has 3 fully saturated rings. The normalized spacial score (nSPS) is 23.2. The van der Waals surface area contributed by atoms with Gasteiger partial charge in [0.05, 0.1) is 17.8 Å². The molecule has 0 aromatic carbocycles. The smallest absolute Gasteiger partial charge is 0.228 e. The molecule has 2 aromatic heterocycles. The molecule has 2 saturated heterocycles. The number of rotatable bonds is 5. The molecular formula is C20H22N6O2. The van der Waals surface area contributed by atoms with E-state index in [0.29, 0.717) is 18.8 Å². The standard InChI is InChI=1S/C20H22N6O2/c21-6-1-2-18(27)26-11-13-8-14(26)10-25(13)16-9-17(24-20(28)12-3-4-12)23-19-15(16)5-7-22-19/h5,7,9,12-14H,1-4,8,10-11H2,(H2,22,23,24,28). The van der Waals surface area contributed by atoms with E-state index < -0.39 is 0 Å². The molecule has 2 bridgehead atoms. The van der Waals surface area contributed by atoms with Crippen LogP contribution >= 0.6 is 0 Å². The Bertz CT molecular complexity index is 988. The summed E-state index contributed by atoms with van der Waals surface area (Å²) in [4.78, 5) is 36.5. The van der Waals surface area contributed by atoms with Gasteiger partial charge in [-0.2, -0.15) is 5.26 Å². The second-order valence-corrected chi connectivity index (χ2v) is 7.93. The van der Waals surface area contributed by atoms with Gasteiger partial charge in [-0.25, -0.2) is 4.98 Å². The lowest BCUT2D eigenvalue weighted by molar-refractivity contribution is -0.132. The van der Waals surface area contributed by atoms with Gasteiger partial charge in [0, 0.05) is 55.5 Å². The minimum Gasteiger partial charge on any atom is -0.364 e. The molecule has 144 valence electrons. The Kier molecular flexibility index (Phi) is 3.97. The number of pyridine rings is 1. The molecule has 0 spiro atoms. The largest absolute Gasteiger partial charge is 0.364 e. The van der Waals surface area contributed by atoms with E-state index >= 15 is 0 Å². The van der Waals surface area contributed by atoms with Crippen LogP contribution < -0.4 is 10.2 Å². The maximum absolute atomic E-state index is 12.3. The van der Waals surface area contributed by atoms with Crippen LogP contribution in [0.5, 0.6) is 0 Å². The van der Waals surface area contributed by atoms with Gasteiger partial charge in [0.15, 0.2) is 0 Å². The van der Waals surface area contributed by atoms with Crippen molar-refractivity contribution in [2.45, 2.75) is 44.2 Å². The van der Waals surface area contributed by atoms with E-state index in [0.717, 1.165) is 42.5 Å². The molecular weight excluding hydrogens is 356 g/mol. The number of anilines is 2. The number of H-pyrrole nitrogens is 1. The zero-order chi connectivity index (χ0) is 19.3. The molecule has 8 nitrogen and oxygen atoms in total. The van der Waals surface area contributed by atoms with Crippen molar-refractivity contribution < 1.29 is 9.59 Å². The van der Waals surface area contributed by atoms with Gasteiger partial charge in [-0.15, -0.1) is 0 Å². The maximum atomic E-state index is 12.3. The van der Waals surface area contributed by atoms with Gasteiger partial charge in [0.25, 0.3) is 0 Å². The van der Waals surface area contributed by atoms with Crippen molar-refractivity contribution in [3.05, 3.63) is 18.3 Å². The minimum atomic E-state index is 0.0431. The Balaban J connectivity index is 1.38. The third kappa shape index (κ3) is 2.87. The number of fused-ring (bicyclic) bond motifs is 3. The highest BCUT2D eigenvalue weighted by Crippen LogP contribution is 2.39. The van der Waals surface area contributed by atoms with Crippen LogP contribution in [-0.2, 0) is 9.59 Å². The van der Waals surface area contributed by atoms with Crippen molar-refractivity contribution in [1.29, 1.82) is 5.26 Å². The third-order valence-electron chi connectivity index (χ3n) is 6.03. The summed E-state index contributed by atoms with van der Waals surface area (Å²) in [5, 5.41) is 12.7. The van der Waals surface area contributed by atoms with Gasteiger partial charge in [0.2, 0.25) is 11.8 Å². The van der Waals surface area contributed by atoms with Gasteiger partial charge in [-0.1, -0.05) is 0 Å². The van der Waals surface area contributed by atoms with Gasteiger partial charge in [-0.3, -0.25) is 9.59 Å². The first kappa shape index (κ1) is 17.0. The predicted octanol–water partition coefficient (Wildman–Crippen LogP) is 2.00. The predicted molar refractivity (Wildman–Crippen MR) is 104 cm³/mol. The fraction of sp³-hybridized carbons (Fsp3) is 0.500. The number of hydrogen-bond donors (Lipinski definition) is 2. The number of aromatic nitrogens is 2. The van der Waals surface area contributed by atoms with Crippen LogP contribution in [0.4, 0.5) is 11.5 Å². The monoisotopic (exact) mass is 378 g/mol. The van der Waals surface area contributed by atoms with Gasteiger partial charge in [-0.05, 0) is 25.3 Å². The first-order chi connectivity index (χ1) is 13.6. The lowest BCUT2D eigenvalue weighted by Crippen LogP contribution is -2.48. The number of amides is 2. The lowest BCUT2D eigenvalue weighted by atomic mass is 10.2. The number of hydrogen-bond acceptors (Lipinski definition) is 5. The number of nitrogens with zero attached hydrogens (tertiary/aromatic N) is 4. The van der Waals surface area contributed by atoms with E-state index in [9.17, 15) is 9.59 Å². The third-order valence-corrected chi connectivity index (χ3v) is 6.03. The summed E-state index contributed by atoms with van der Waals surface area (Å²) in [6.45, 7) is 1.45. The molecule has 2 aromatic rings. The van der Waals surface area contributed by atoms with Crippen LogP contribution in [0.15, 0.2) is 18.3 Å². The van der Waals surface area contributed by atoms with Crippen LogP contribution in [0.3, 0.4) is 0 Å². The molecule has 28 heavy (non-hydrogen) atoms.